The quantitative estimate of drug-likeness (QED) is 0.685. The summed E-state index contributed by atoms with van der Waals surface area (Å²) in [6.45, 7) is 11.5. The zero-order valence-corrected chi connectivity index (χ0v) is 12.3. The fraction of sp³-hybridized carbons (Fsp3) is 0.600. The van der Waals surface area contributed by atoms with Gasteiger partial charge in [-0.15, -0.1) is 13.2 Å². The molecule has 1 rings (SSSR count). The predicted octanol–water partition coefficient (Wildman–Crippen LogP) is 5.18. The summed E-state index contributed by atoms with van der Waals surface area (Å²) in [7, 11) is 0. The minimum Gasteiger partial charge on any atom is -0.405 e. The van der Waals surface area contributed by atoms with E-state index in [1.807, 2.05) is 47.6 Å². The van der Waals surface area contributed by atoms with Crippen molar-refractivity contribution in [2.45, 2.75) is 58.7 Å². The van der Waals surface area contributed by atoms with Crippen molar-refractivity contribution in [3.8, 4) is 5.75 Å². The Bertz CT molecular complexity index is 448. The van der Waals surface area contributed by atoms with Crippen LogP contribution in [-0.2, 0) is 10.8 Å². The van der Waals surface area contributed by atoms with E-state index < -0.39 is 11.8 Å². The minimum absolute atomic E-state index is 0.104. The van der Waals surface area contributed by atoms with E-state index in [0.29, 0.717) is 5.56 Å². The molecule has 0 aliphatic carbocycles. The van der Waals surface area contributed by atoms with Gasteiger partial charge in [0.05, 0.1) is 0 Å². The molecule has 108 valence electrons. The highest BCUT2D eigenvalue weighted by Crippen LogP contribution is 2.37. The zero-order valence-electron chi connectivity index (χ0n) is 12.3. The van der Waals surface area contributed by atoms with Gasteiger partial charge in [-0.1, -0.05) is 53.7 Å². The van der Waals surface area contributed by atoms with Gasteiger partial charge < -0.3 is 4.74 Å². The summed E-state index contributed by atoms with van der Waals surface area (Å²) in [6, 6.07) is 5.08. The van der Waals surface area contributed by atoms with Crippen molar-refractivity contribution >= 4 is 0 Å². The number of hydrogen-bond donors (Lipinski definition) is 0. The molecule has 1 aromatic rings. The van der Waals surface area contributed by atoms with Crippen molar-refractivity contribution in [1.29, 1.82) is 0 Å². The van der Waals surface area contributed by atoms with Crippen LogP contribution < -0.4 is 4.74 Å². The van der Waals surface area contributed by atoms with E-state index in [0.717, 1.165) is 5.56 Å². The van der Waals surface area contributed by atoms with Crippen molar-refractivity contribution in [2.24, 2.45) is 0 Å². The first-order valence-electron chi connectivity index (χ1n) is 6.21. The second kappa shape index (κ2) is 4.73. The molecule has 0 saturated heterocycles. The van der Waals surface area contributed by atoms with Crippen LogP contribution in [0.1, 0.15) is 52.7 Å². The van der Waals surface area contributed by atoms with Crippen molar-refractivity contribution < 1.29 is 17.9 Å². The monoisotopic (exact) mass is 274 g/mol. The van der Waals surface area contributed by atoms with E-state index in [1.54, 1.807) is 6.07 Å². The highest BCUT2D eigenvalue weighted by molar-refractivity contribution is 5.43. The SMILES string of the molecule is CC(C)(C)c1ccc(C(C)(C)C)c(OC(F)(F)F)c1. The molecule has 4 heteroatoms. The Morgan fingerprint density at radius 1 is 0.842 bits per heavy atom. The predicted molar refractivity (Wildman–Crippen MR) is 70.5 cm³/mol. The Morgan fingerprint density at radius 3 is 1.74 bits per heavy atom. The molecule has 0 aliphatic rings. The van der Waals surface area contributed by atoms with E-state index in [-0.39, 0.29) is 11.2 Å². The van der Waals surface area contributed by atoms with Crippen LogP contribution in [0.5, 0.6) is 5.75 Å². The molecular formula is C15H21F3O. The Balaban J connectivity index is 3.35. The number of rotatable bonds is 1. The summed E-state index contributed by atoms with van der Waals surface area (Å²) in [5.41, 5.74) is 0.745. The highest BCUT2D eigenvalue weighted by Gasteiger charge is 2.34. The van der Waals surface area contributed by atoms with Gasteiger partial charge in [0.25, 0.3) is 0 Å². The summed E-state index contributed by atoms with van der Waals surface area (Å²) >= 11 is 0. The largest absolute Gasteiger partial charge is 0.573 e. The van der Waals surface area contributed by atoms with Crippen LogP contribution >= 0.6 is 0 Å². The lowest BCUT2D eigenvalue weighted by molar-refractivity contribution is -0.275. The number of ether oxygens (including phenoxy) is 1. The molecule has 1 aromatic carbocycles. The van der Waals surface area contributed by atoms with Crippen LogP contribution in [0.25, 0.3) is 0 Å². The molecule has 0 aliphatic heterocycles. The van der Waals surface area contributed by atoms with E-state index in [2.05, 4.69) is 4.74 Å². The Morgan fingerprint density at radius 2 is 1.37 bits per heavy atom. The third-order valence-electron chi connectivity index (χ3n) is 2.88. The van der Waals surface area contributed by atoms with Crippen LogP contribution in [0.2, 0.25) is 0 Å². The Kier molecular flexibility index (Phi) is 3.95. The first kappa shape index (κ1) is 15.9. The molecule has 0 saturated carbocycles. The maximum absolute atomic E-state index is 12.5. The summed E-state index contributed by atoms with van der Waals surface area (Å²) in [5.74, 6) is -0.104. The van der Waals surface area contributed by atoms with E-state index in [4.69, 9.17) is 0 Å². The lowest BCUT2D eigenvalue weighted by Crippen LogP contribution is -2.22. The van der Waals surface area contributed by atoms with Crippen LogP contribution in [-0.4, -0.2) is 6.36 Å². The summed E-state index contributed by atoms with van der Waals surface area (Å²) in [4.78, 5) is 0. The third-order valence-corrected chi connectivity index (χ3v) is 2.88. The number of benzene rings is 1. The molecule has 0 bridgehead atoms. The number of halogens is 3. The molecule has 0 atom stereocenters. The lowest BCUT2D eigenvalue weighted by Gasteiger charge is -2.26. The number of alkyl halides is 3. The second-order valence-corrected chi connectivity index (χ2v) is 6.76. The molecule has 0 amide bonds. The molecule has 0 fully saturated rings. The lowest BCUT2D eigenvalue weighted by atomic mass is 9.81. The maximum Gasteiger partial charge on any atom is 0.573 e. The third kappa shape index (κ3) is 4.44. The molecular weight excluding hydrogens is 253 g/mol. The van der Waals surface area contributed by atoms with Gasteiger partial charge in [-0.2, -0.15) is 0 Å². The number of hydrogen-bond acceptors (Lipinski definition) is 1. The summed E-state index contributed by atoms with van der Waals surface area (Å²) in [5, 5.41) is 0. The summed E-state index contributed by atoms with van der Waals surface area (Å²) in [6.07, 6.45) is -4.67. The molecule has 0 heterocycles. The van der Waals surface area contributed by atoms with E-state index in [9.17, 15) is 13.2 Å². The molecule has 0 unspecified atom stereocenters. The molecule has 0 spiro atoms. The van der Waals surface area contributed by atoms with Crippen LogP contribution in [0.3, 0.4) is 0 Å². The Labute approximate surface area is 112 Å². The minimum atomic E-state index is -4.67. The van der Waals surface area contributed by atoms with Crippen LogP contribution in [0, 0.1) is 0 Å². The van der Waals surface area contributed by atoms with E-state index >= 15 is 0 Å². The zero-order chi connectivity index (χ0) is 15.1. The topological polar surface area (TPSA) is 9.23 Å². The maximum atomic E-state index is 12.5. The van der Waals surface area contributed by atoms with Crippen molar-refractivity contribution in [1.82, 2.24) is 0 Å². The van der Waals surface area contributed by atoms with Crippen molar-refractivity contribution in [3.05, 3.63) is 29.3 Å². The van der Waals surface area contributed by atoms with Gasteiger partial charge in [-0.3, -0.25) is 0 Å². The van der Waals surface area contributed by atoms with Gasteiger partial charge in [0.15, 0.2) is 0 Å². The first-order valence-corrected chi connectivity index (χ1v) is 6.21. The summed E-state index contributed by atoms with van der Waals surface area (Å²) < 4.78 is 41.7. The van der Waals surface area contributed by atoms with Crippen LogP contribution in [0.4, 0.5) is 13.2 Å². The average Bonchev–Trinajstić information content (AvgIpc) is 2.11. The fourth-order valence-corrected chi connectivity index (χ4v) is 1.82. The van der Waals surface area contributed by atoms with Gasteiger partial charge in [0, 0.05) is 0 Å². The average molecular weight is 274 g/mol. The molecule has 0 N–H and O–H groups in total. The van der Waals surface area contributed by atoms with Gasteiger partial charge in [0.1, 0.15) is 5.75 Å². The van der Waals surface area contributed by atoms with Gasteiger partial charge >= 0.3 is 6.36 Å². The molecule has 0 aromatic heterocycles. The molecule has 19 heavy (non-hydrogen) atoms. The van der Waals surface area contributed by atoms with E-state index in [1.165, 1.54) is 6.07 Å². The normalized spacial score (nSPS) is 13.5. The standard InChI is InChI=1S/C15H21F3O/c1-13(2,3)10-7-8-11(14(4,5)6)12(9-10)19-15(16,17)18/h7-9H,1-6H3. The highest BCUT2D eigenvalue weighted by atomic mass is 19.4. The van der Waals surface area contributed by atoms with Crippen molar-refractivity contribution in [2.75, 3.05) is 0 Å². The van der Waals surface area contributed by atoms with Gasteiger partial charge in [-0.25, -0.2) is 0 Å². The first-order chi connectivity index (χ1) is 8.31. The second-order valence-electron chi connectivity index (χ2n) is 6.76. The van der Waals surface area contributed by atoms with Gasteiger partial charge in [-0.05, 0) is 28.0 Å². The smallest absolute Gasteiger partial charge is 0.405 e. The van der Waals surface area contributed by atoms with Crippen molar-refractivity contribution in [3.63, 3.8) is 0 Å². The molecule has 1 nitrogen and oxygen atoms in total. The van der Waals surface area contributed by atoms with Gasteiger partial charge in [0.2, 0.25) is 0 Å². The Hall–Kier alpha value is -1.19. The molecule has 0 radical (unpaired) electrons. The fourth-order valence-electron chi connectivity index (χ4n) is 1.82. The van der Waals surface area contributed by atoms with Crippen LogP contribution in [0.15, 0.2) is 18.2 Å².